The van der Waals surface area contributed by atoms with E-state index in [-0.39, 0.29) is 42.1 Å². The summed E-state index contributed by atoms with van der Waals surface area (Å²) in [6, 6.07) is 75.8. The van der Waals surface area contributed by atoms with Gasteiger partial charge in [0.25, 0.3) is 0 Å². The zero-order chi connectivity index (χ0) is 47.8. The Morgan fingerprint density at radius 2 is 0.595 bits per heavy atom. The minimum atomic E-state index is 0. The molecule has 0 saturated carbocycles. The third kappa shape index (κ3) is 8.19. The van der Waals surface area contributed by atoms with Crippen LogP contribution >= 0.6 is 0 Å². The fourth-order valence-electron chi connectivity index (χ4n) is 10.4. The molecule has 10 nitrogen and oxygen atoms in total. The van der Waals surface area contributed by atoms with E-state index in [2.05, 4.69) is 222 Å². The summed E-state index contributed by atoms with van der Waals surface area (Å²) in [6.45, 7) is 0. The number of para-hydroxylation sites is 4. The normalized spacial score (nSPS) is 11.0. The van der Waals surface area contributed by atoms with Gasteiger partial charge in [0.15, 0.2) is 0 Å². The number of hydrogen-bond acceptors (Lipinski definition) is 6. The Kier molecular flexibility index (Phi) is 13.4. The van der Waals surface area contributed by atoms with Gasteiger partial charge in [-0.05, 0) is 78.1 Å². The van der Waals surface area contributed by atoms with Gasteiger partial charge in [0.1, 0.15) is 11.3 Å². The smallest absolute Gasteiger partial charge is 0.359 e. The van der Waals surface area contributed by atoms with E-state index in [1.54, 1.807) is 0 Å². The van der Waals surface area contributed by atoms with Crippen LogP contribution in [0, 0.1) is 12.1 Å². The van der Waals surface area contributed by atoms with Crippen LogP contribution in [0.25, 0.3) is 120 Å². The molecule has 0 saturated heterocycles. The van der Waals surface area contributed by atoms with Gasteiger partial charge in [0.05, 0.1) is 0 Å². The predicted molar refractivity (Wildman–Crippen MR) is 291 cm³/mol. The van der Waals surface area contributed by atoms with Crippen LogP contribution in [-0.4, -0.2) is 39.4 Å². The zero-order valence-electron chi connectivity index (χ0n) is 39.0. The second-order valence-electron chi connectivity index (χ2n) is 17.1. The third-order valence-corrected chi connectivity index (χ3v) is 13.3. The van der Waals surface area contributed by atoms with Crippen LogP contribution in [0.2, 0.25) is 0 Å². The van der Waals surface area contributed by atoms with Gasteiger partial charge in [-0.15, -0.1) is 10.8 Å². The van der Waals surface area contributed by atoms with Crippen molar-refractivity contribution < 1.29 is 42.1 Å². The van der Waals surface area contributed by atoms with Crippen molar-refractivity contribution in [3.63, 3.8) is 0 Å². The Labute approximate surface area is 451 Å². The van der Waals surface area contributed by atoms with Gasteiger partial charge < -0.3 is 29.2 Å². The molecule has 0 atom stereocenters. The first-order chi connectivity index (χ1) is 35.8. The van der Waals surface area contributed by atoms with Gasteiger partial charge in [-0.1, -0.05) is 169 Å². The SMILES string of the molecule is [Pt+2].[Pt+2].[c-]1cccc2c3cccc4c5ccccc5c5ccccc5c5cccnc5n(c12)c43.[c-]1cccc2c3cccc4c5ccccc5c5ccccc5c5cccnc5n(c12)c43.c1c[n-]nn1.c1c[n-]nn1. The summed E-state index contributed by atoms with van der Waals surface area (Å²) >= 11 is 0. The van der Waals surface area contributed by atoms with E-state index < -0.39 is 0 Å². The molecule has 0 fully saturated rings. The molecule has 356 valence electrons. The Morgan fingerprint density at radius 3 is 0.919 bits per heavy atom. The van der Waals surface area contributed by atoms with Crippen LogP contribution in [0.1, 0.15) is 0 Å². The molecule has 8 heterocycles. The van der Waals surface area contributed by atoms with Gasteiger partial charge >= 0.3 is 42.1 Å². The minimum Gasteiger partial charge on any atom is -0.359 e. The quantitative estimate of drug-likeness (QED) is 0.138. The van der Waals surface area contributed by atoms with E-state index in [1.165, 1.54) is 111 Å². The van der Waals surface area contributed by atoms with Crippen molar-refractivity contribution in [1.82, 2.24) is 49.6 Å². The van der Waals surface area contributed by atoms with Crippen molar-refractivity contribution in [3.8, 4) is 0 Å². The molecular weight excluding hydrogens is 1270 g/mol. The first-order valence-electron chi connectivity index (χ1n) is 23.5. The van der Waals surface area contributed by atoms with Crippen LogP contribution in [-0.2, 0) is 42.1 Å². The molecule has 0 unspecified atom stereocenters. The standard InChI is InChI=1S/2C29H17N2.2C2H2N3.2Pt/c2*1-3-11-21-19(9-1)20-10-2-4-12-22(20)26-16-8-18-30-29(26)31-27-17-6-5-13-23(27)25-15-7-14-24(21)28(25)31;2*1-2-4-5-3-1;;/h2*1-16,18H;2*1-2H;;/q4*-1;2*+2. The molecule has 12 heteroatoms. The molecule has 74 heavy (non-hydrogen) atoms. The van der Waals surface area contributed by atoms with Gasteiger partial charge in [0, 0.05) is 45.0 Å². The average Bonchev–Trinajstić information content (AvgIpc) is 4.34. The molecule has 0 bridgehead atoms. The first-order valence-corrected chi connectivity index (χ1v) is 23.5. The van der Waals surface area contributed by atoms with Crippen LogP contribution in [0.15, 0.2) is 231 Å². The third-order valence-electron chi connectivity index (χ3n) is 13.3. The summed E-state index contributed by atoms with van der Waals surface area (Å²) in [5.74, 6) is 0. The van der Waals surface area contributed by atoms with Crippen molar-refractivity contribution in [3.05, 3.63) is 243 Å². The Hall–Kier alpha value is -8.68. The number of aromatic nitrogens is 10. The molecule has 8 aromatic heterocycles. The summed E-state index contributed by atoms with van der Waals surface area (Å²) in [6.07, 6.45) is 9.88. The van der Waals surface area contributed by atoms with E-state index in [1.807, 2.05) is 36.7 Å². The van der Waals surface area contributed by atoms with E-state index in [0.717, 1.165) is 33.1 Å². The molecule has 0 N–H and O–H groups in total. The van der Waals surface area contributed by atoms with E-state index in [0.29, 0.717) is 0 Å². The number of fused-ring (bicyclic) bond motifs is 20. The fourth-order valence-corrected chi connectivity index (χ4v) is 10.4. The van der Waals surface area contributed by atoms with Crippen LogP contribution in [0.4, 0.5) is 0 Å². The molecule has 8 aromatic carbocycles. The van der Waals surface area contributed by atoms with Crippen LogP contribution < -0.4 is 10.2 Å². The second-order valence-corrected chi connectivity index (χ2v) is 17.1. The average molecular weight is 1310 g/mol. The van der Waals surface area contributed by atoms with Gasteiger partial charge in [-0.2, -0.15) is 48.5 Å². The number of benzene rings is 8. The van der Waals surface area contributed by atoms with Crippen molar-refractivity contribution in [2.24, 2.45) is 0 Å². The van der Waals surface area contributed by atoms with E-state index in [9.17, 15) is 0 Å². The molecule has 0 aliphatic carbocycles. The summed E-state index contributed by atoms with van der Waals surface area (Å²) in [4.78, 5) is 9.83. The van der Waals surface area contributed by atoms with Gasteiger partial charge in [-0.25, -0.2) is 9.97 Å². The van der Waals surface area contributed by atoms with Gasteiger partial charge in [0.2, 0.25) is 0 Å². The molecular formula is C62H38N10Pt2. The first kappa shape index (κ1) is 47.6. The summed E-state index contributed by atoms with van der Waals surface area (Å²) in [5, 5.41) is 39.2. The number of pyridine rings is 2. The largest absolute Gasteiger partial charge is 2.00 e. The Bertz CT molecular complexity index is 4390. The summed E-state index contributed by atoms with van der Waals surface area (Å²) in [5.41, 5.74) is 6.36. The maximum absolute atomic E-state index is 4.91. The summed E-state index contributed by atoms with van der Waals surface area (Å²) in [7, 11) is 0. The molecule has 16 rings (SSSR count). The molecule has 0 aliphatic rings. The fraction of sp³-hybridized carbons (Fsp3) is 0. The Morgan fingerprint density at radius 1 is 0.297 bits per heavy atom. The maximum atomic E-state index is 4.91. The van der Waals surface area contributed by atoms with Crippen LogP contribution in [0.5, 0.6) is 0 Å². The topological polar surface area (TPSA) is 114 Å². The maximum Gasteiger partial charge on any atom is 2.00 e. The van der Waals surface area contributed by atoms with E-state index in [4.69, 9.17) is 9.97 Å². The molecule has 0 aliphatic heterocycles. The summed E-state index contributed by atoms with van der Waals surface area (Å²) < 4.78 is 4.60. The van der Waals surface area contributed by atoms with Gasteiger partial charge in [-0.3, -0.25) is 10.4 Å². The van der Waals surface area contributed by atoms with Crippen molar-refractivity contribution in [2.45, 2.75) is 0 Å². The molecule has 0 radical (unpaired) electrons. The van der Waals surface area contributed by atoms with Crippen LogP contribution in [0.3, 0.4) is 0 Å². The predicted octanol–water partition coefficient (Wildman–Crippen LogP) is 13.8. The van der Waals surface area contributed by atoms with Crippen molar-refractivity contribution in [2.75, 3.05) is 0 Å². The number of hydrogen-bond donors (Lipinski definition) is 0. The monoisotopic (exact) mass is 1310 g/mol. The molecule has 0 amide bonds. The molecule has 16 aromatic rings. The zero-order valence-corrected chi connectivity index (χ0v) is 43.6. The van der Waals surface area contributed by atoms with Crippen molar-refractivity contribution >= 4 is 120 Å². The van der Waals surface area contributed by atoms with E-state index >= 15 is 0 Å². The number of rotatable bonds is 0. The Balaban J connectivity index is 0.000000131. The minimum absolute atomic E-state index is 0. The number of nitrogens with zero attached hydrogens (tertiary/aromatic N) is 10. The van der Waals surface area contributed by atoms with Crippen molar-refractivity contribution in [1.29, 1.82) is 0 Å². The second kappa shape index (κ2) is 20.8. The molecule has 0 spiro atoms.